The molecule has 258 valence electrons. The number of carbonyl (C=O) groups is 4. The van der Waals surface area contributed by atoms with Crippen LogP contribution in [0.3, 0.4) is 0 Å². The molecule has 0 aromatic heterocycles. The third-order valence-electron chi connectivity index (χ3n) is 11.8. The lowest BCUT2D eigenvalue weighted by molar-refractivity contribution is -0.867. The molecule has 2 N–H and O–H groups in total. The molecule has 2 bridgehead atoms. The molecule has 1 aromatic rings. The third-order valence-corrected chi connectivity index (χ3v) is 11.8. The molecule has 47 heavy (non-hydrogen) atoms. The van der Waals surface area contributed by atoms with E-state index in [1.807, 2.05) is 14.0 Å². The Balaban J connectivity index is 1.48. The molecule has 12 heteroatoms. The lowest BCUT2D eigenvalue weighted by Crippen LogP contribution is -2.70. The van der Waals surface area contributed by atoms with Crippen LogP contribution in [0.25, 0.3) is 0 Å². The number of likely N-dealkylation sites (N-methyl/N-ethyl adjacent to an activating group) is 2. The van der Waals surface area contributed by atoms with Crippen LogP contribution in [-0.4, -0.2) is 114 Å². The highest BCUT2D eigenvalue weighted by atomic mass is 19.1. The maximum atomic E-state index is 17.2. The highest BCUT2D eigenvalue weighted by molar-refractivity contribution is 6.00. The van der Waals surface area contributed by atoms with Gasteiger partial charge in [0.25, 0.3) is 11.8 Å². The van der Waals surface area contributed by atoms with E-state index < -0.39 is 63.8 Å². The van der Waals surface area contributed by atoms with E-state index in [1.54, 1.807) is 31.7 Å². The number of fused-ring (bicyclic) bond motifs is 8. The van der Waals surface area contributed by atoms with Crippen molar-refractivity contribution in [2.45, 2.75) is 102 Å². The summed E-state index contributed by atoms with van der Waals surface area (Å²) in [6.45, 7) is 8.74. The van der Waals surface area contributed by atoms with Crippen molar-refractivity contribution in [1.82, 2.24) is 15.1 Å². The maximum absolute atomic E-state index is 17.2. The number of hydrogen-bond acceptors (Lipinski definition) is 6. The van der Waals surface area contributed by atoms with Gasteiger partial charge in [-0.2, -0.15) is 0 Å². The number of anilines is 1. The van der Waals surface area contributed by atoms with Crippen LogP contribution in [-0.2, 0) is 23.9 Å². The van der Waals surface area contributed by atoms with Gasteiger partial charge in [-0.05, 0) is 89.0 Å². The number of nitrogens with zero attached hydrogens (tertiary/aromatic N) is 3. The minimum atomic E-state index is -2.50. The number of halogens is 2. The Morgan fingerprint density at radius 3 is 2.36 bits per heavy atom. The van der Waals surface area contributed by atoms with Crippen LogP contribution in [0.2, 0.25) is 0 Å². The standard InChI is InChI=1S/C35H49F2N5O5/c1-7-47-21(4)33(45)42(6)27-17-35(27,37)34(46)39-29(28(22-8-9-22)23-10-11-23)31(43)38-26-13-12-24(16-25(26)36)20(3)30(42)32(44)41-15-14-40(5)19(2)18-41/h12-13,16,19-23,27-30H,7-11,14-15,17-18H2,1-6H3,(H-,38,39,43,46)/p+1/t19-,20+,21-,27?,29+,30-,35?,42?/m1/s1. The first-order valence-corrected chi connectivity index (χ1v) is 17.3. The van der Waals surface area contributed by atoms with Crippen LogP contribution < -0.4 is 10.6 Å². The van der Waals surface area contributed by atoms with Crippen molar-refractivity contribution >= 4 is 29.3 Å². The molecule has 8 atom stereocenters. The molecule has 3 unspecified atom stereocenters. The van der Waals surface area contributed by atoms with Gasteiger partial charge < -0.3 is 25.2 Å². The van der Waals surface area contributed by atoms with Crippen LogP contribution in [0, 0.1) is 23.6 Å². The second kappa shape index (κ2) is 12.5. The zero-order chi connectivity index (χ0) is 34.0. The summed E-state index contributed by atoms with van der Waals surface area (Å²) in [6, 6.07) is 1.02. The fourth-order valence-corrected chi connectivity index (χ4v) is 8.42. The number of ether oxygens (including phenoxy) is 1. The maximum Gasteiger partial charge on any atom is 0.343 e. The lowest BCUT2D eigenvalue weighted by atomic mass is 9.87. The van der Waals surface area contributed by atoms with E-state index in [-0.39, 0.29) is 48.4 Å². The molecule has 3 heterocycles. The van der Waals surface area contributed by atoms with Crippen LogP contribution in [0.15, 0.2) is 18.2 Å². The van der Waals surface area contributed by atoms with Crippen molar-refractivity contribution in [2.75, 3.05) is 45.7 Å². The molecule has 1 saturated heterocycles. The van der Waals surface area contributed by atoms with E-state index >= 15 is 8.78 Å². The van der Waals surface area contributed by atoms with E-state index in [0.29, 0.717) is 25.2 Å². The molecular formula is C35H50F2N5O5+. The molecule has 7 rings (SSSR count). The molecule has 4 amide bonds. The minimum Gasteiger partial charge on any atom is -0.365 e. The van der Waals surface area contributed by atoms with Gasteiger partial charge in [-0.25, -0.2) is 18.1 Å². The van der Waals surface area contributed by atoms with Gasteiger partial charge in [0.2, 0.25) is 11.6 Å². The zero-order valence-electron chi connectivity index (χ0n) is 28.4. The summed E-state index contributed by atoms with van der Waals surface area (Å²) in [6.07, 6.45) is 2.36. The second-order valence-electron chi connectivity index (χ2n) is 14.9. The van der Waals surface area contributed by atoms with E-state index in [1.165, 1.54) is 19.2 Å². The number of nitrogens with one attached hydrogen (secondary N) is 2. The predicted molar refractivity (Wildman–Crippen MR) is 171 cm³/mol. The first-order chi connectivity index (χ1) is 22.2. The molecular weight excluding hydrogens is 608 g/mol. The van der Waals surface area contributed by atoms with Crippen molar-refractivity contribution in [2.24, 2.45) is 17.8 Å². The van der Waals surface area contributed by atoms with Crippen molar-refractivity contribution < 1.29 is 37.2 Å². The first-order valence-electron chi connectivity index (χ1n) is 17.3. The summed E-state index contributed by atoms with van der Waals surface area (Å²) >= 11 is 0. The zero-order valence-corrected chi connectivity index (χ0v) is 28.4. The van der Waals surface area contributed by atoms with Crippen molar-refractivity contribution in [1.29, 1.82) is 0 Å². The van der Waals surface area contributed by atoms with Crippen molar-refractivity contribution in [3.8, 4) is 0 Å². The van der Waals surface area contributed by atoms with Crippen LogP contribution >= 0.6 is 0 Å². The number of alkyl halides is 1. The Labute approximate surface area is 276 Å². The molecule has 3 aliphatic heterocycles. The Morgan fingerprint density at radius 1 is 1.13 bits per heavy atom. The Morgan fingerprint density at radius 2 is 1.79 bits per heavy atom. The molecule has 10 nitrogen and oxygen atoms in total. The minimum absolute atomic E-state index is 0.0495. The highest BCUT2D eigenvalue weighted by Gasteiger charge is 2.76. The molecule has 1 aromatic carbocycles. The van der Waals surface area contributed by atoms with Crippen LogP contribution in [0.4, 0.5) is 14.5 Å². The average Bonchev–Trinajstić information content (AvgIpc) is 3.89. The normalized spacial score (nSPS) is 35.5. The second-order valence-corrected chi connectivity index (χ2v) is 14.9. The van der Waals surface area contributed by atoms with E-state index in [4.69, 9.17) is 4.74 Å². The smallest absolute Gasteiger partial charge is 0.343 e. The molecule has 6 aliphatic rings. The molecule has 4 fully saturated rings. The van der Waals surface area contributed by atoms with Gasteiger partial charge in [-0.1, -0.05) is 13.0 Å². The van der Waals surface area contributed by atoms with Gasteiger partial charge in [0.05, 0.1) is 19.2 Å². The highest BCUT2D eigenvalue weighted by Crippen LogP contribution is 2.54. The number of rotatable bonds is 7. The quantitative estimate of drug-likeness (QED) is 0.436. The molecule has 0 radical (unpaired) electrons. The number of benzene rings is 1. The predicted octanol–water partition coefficient (Wildman–Crippen LogP) is 3.21. The largest absolute Gasteiger partial charge is 0.365 e. The van der Waals surface area contributed by atoms with E-state index in [2.05, 4.69) is 15.5 Å². The fourth-order valence-electron chi connectivity index (χ4n) is 8.42. The van der Waals surface area contributed by atoms with Gasteiger partial charge in [0.1, 0.15) is 17.9 Å². The number of amides is 4. The molecule has 3 saturated carbocycles. The van der Waals surface area contributed by atoms with Gasteiger partial charge in [0, 0.05) is 38.2 Å². The number of piperazine rings is 1. The van der Waals surface area contributed by atoms with Crippen molar-refractivity contribution in [3.05, 3.63) is 29.6 Å². The summed E-state index contributed by atoms with van der Waals surface area (Å²) in [7, 11) is 3.52. The monoisotopic (exact) mass is 658 g/mol. The lowest BCUT2D eigenvalue weighted by Gasteiger charge is -2.46. The van der Waals surface area contributed by atoms with E-state index in [9.17, 15) is 19.2 Å². The van der Waals surface area contributed by atoms with Crippen molar-refractivity contribution in [3.63, 3.8) is 0 Å². The number of quaternary nitrogens is 1. The van der Waals surface area contributed by atoms with E-state index in [0.717, 1.165) is 25.7 Å². The summed E-state index contributed by atoms with van der Waals surface area (Å²) in [5, 5.41) is 5.45. The molecule has 3 aliphatic carbocycles. The molecule has 0 spiro atoms. The van der Waals surface area contributed by atoms with Gasteiger partial charge >= 0.3 is 5.91 Å². The summed E-state index contributed by atoms with van der Waals surface area (Å²) < 4.78 is 38.1. The van der Waals surface area contributed by atoms with Gasteiger partial charge in [0.15, 0.2) is 12.1 Å². The average molecular weight is 659 g/mol. The SMILES string of the molecule is CCO[C@H](C)C(=O)[N+]1(C)C2CC2(F)C(=O)N[C@@H](C(C2CC2)C2CC2)C(=O)Nc2ccc(cc2F)[C@H](C)[C@@H]1C(=O)N1CCN(C)[C@H](C)C1. The fraction of sp³-hybridized carbons (Fsp3) is 0.714. The topological polar surface area (TPSA) is 108 Å². The summed E-state index contributed by atoms with van der Waals surface area (Å²) in [4.78, 5) is 61.0. The summed E-state index contributed by atoms with van der Waals surface area (Å²) in [5.41, 5.74) is -2.13. The number of carbonyl (C=O) groups excluding carboxylic acids is 4. The third kappa shape index (κ3) is 6.10. The number of hydrogen-bond donors (Lipinski definition) is 2. The first kappa shape index (κ1) is 33.9. The van der Waals surface area contributed by atoms with Crippen LogP contribution in [0.1, 0.15) is 71.3 Å². The summed E-state index contributed by atoms with van der Waals surface area (Å²) in [5.74, 6) is -3.61. The Bertz CT molecular complexity index is 1420. The van der Waals surface area contributed by atoms with Crippen LogP contribution in [0.5, 0.6) is 0 Å². The Kier molecular flexibility index (Phi) is 9.01. The van der Waals surface area contributed by atoms with Gasteiger partial charge in [-0.3, -0.25) is 14.4 Å². The Hall–Kier alpha value is -2.96. The van der Waals surface area contributed by atoms with Gasteiger partial charge in [-0.15, -0.1) is 0 Å².